The Kier molecular flexibility index (Phi) is 3.83. The van der Waals surface area contributed by atoms with Crippen LogP contribution in [0.5, 0.6) is 0 Å². The maximum Gasteiger partial charge on any atom is 0.120 e. The lowest BCUT2D eigenvalue weighted by Gasteiger charge is -2.04. The summed E-state index contributed by atoms with van der Waals surface area (Å²) in [5, 5.41) is 9.11. The average molecular weight is 138 g/mol. The molecular formula is C9H14O. The highest BCUT2D eigenvalue weighted by Crippen LogP contribution is 1.95. The lowest BCUT2D eigenvalue weighted by atomic mass is 10.1. The summed E-state index contributed by atoms with van der Waals surface area (Å²) in [6, 6.07) is 0. The van der Waals surface area contributed by atoms with Gasteiger partial charge in [-0.3, -0.25) is 0 Å². The van der Waals surface area contributed by atoms with Crippen LogP contribution >= 0.6 is 0 Å². The fraction of sp³-hybridized carbons (Fsp3) is 0.556. The predicted octanol–water partition coefficient (Wildman–Crippen LogP) is 1.73. The molecule has 1 N–H and O–H groups in total. The first kappa shape index (κ1) is 9.26. The van der Waals surface area contributed by atoms with E-state index >= 15 is 0 Å². The van der Waals surface area contributed by atoms with E-state index < -0.39 is 5.60 Å². The van der Waals surface area contributed by atoms with Crippen molar-refractivity contribution in [2.45, 2.75) is 32.8 Å². The molecule has 0 fully saturated rings. The van der Waals surface area contributed by atoms with Crippen molar-refractivity contribution in [3.8, 4) is 11.8 Å². The van der Waals surface area contributed by atoms with E-state index in [0.717, 1.165) is 6.42 Å². The highest BCUT2D eigenvalue weighted by Gasteiger charge is 2.04. The molecule has 0 heterocycles. The molecular weight excluding hydrogens is 124 g/mol. The van der Waals surface area contributed by atoms with Gasteiger partial charge in [0.25, 0.3) is 0 Å². The third-order valence-electron chi connectivity index (χ3n) is 0.815. The Bertz CT molecular complexity index is 161. The van der Waals surface area contributed by atoms with Gasteiger partial charge in [0.05, 0.1) is 0 Å². The third-order valence-corrected chi connectivity index (χ3v) is 0.815. The van der Waals surface area contributed by atoms with E-state index in [4.69, 9.17) is 5.11 Å². The Morgan fingerprint density at radius 1 is 1.50 bits per heavy atom. The molecule has 1 nitrogen and oxygen atoms in total. The Labute approximate surface area is 62.8 Å². The maximum absolute atomic E-state index is 9.11. The van der Waals surface area contributed by atoms with Crippen LogP contribution in [0.4, 0.5) is 0 Å². The van der Waals surface area contributed by atoms with Crippen LogP contribution in [-0.4, -0.2) is 10.7 Å². The summed E-state index contributed by atoms with van der Waals surface area (Å²) >= 11 is 0. The van der Waals surface area contributed by atoms with Gasteiger partial charge >= 0.3 is 0 Å². The zero-order valence-electron chi connectivity index (χ0n) is 6.81. The minimum absolute atomic E-state index is 0.863. The maximum atomic E-state index is 9.11. The molecule has 56 valence electrons. The van der Waals surface area contributed by atoms with Crippen LogP contribution in [0.2, 0.25) is 0 Å². The van der Waals surface area contributed by atoms with Crippen molar-refractivity contribution in [2.24, 2.45) is 0 Å². The second kappa shape index (κ2) is 4.14. The summed E-state index contributed by atoms with van der Waals surface area (Å²) in [5.41, 5.74) is -0.863. The Balaban J connectivity index is 3.81. The van der Waals surface area contributed by atoms with E-state index in [0.29, 0.717) is 0 Å². The van der Waals surface area contributed by atoms with E-state index in [1.54, 1.807) is 19.9 Å². The van der Waals surface area contributed by atoms with Gasteiger partial charge in [-0.1, -0.05) is 24.8 Å². The van der Waals surface area contributed by atoms with Gasteiger partial charge in [0.2, 0.25) is 0 Å². The summed E-state index contributed by atoms with van der Waals surface area (Å²) in [6.07, 6.45) is 4.71. The quantitative estimate of drug-likeness (QED) is 0.547. The second-order valence-electron chi connectivity index (χ2n) is 2.64. The third kappa shape index (κ3) is 7.26. The molecule has 0 saturated carbocycles. The first-order valence-corrected chi connectivity index (χ1v) is 3.46. The number of hydrogen-bond acceptors (Lipinski definition) is 1. The van der Waals surface area contributed by atoms with Gasteiger partial charge in [0.15, 0.2) is 0 Å². The molecule has 0 amide bonds. The van der Waals surface area contributed by atoms with Gasteiger partial charge in [-0.05, 0) is 26.3 Å². The number of allylic oxidation sites excluding steroid dienone is 2. The standard InChI is InChI=1S/C9H14O/c1-4-5-6-7-8-9(2,3)10/h5-6,10H,4H2,1-3H3/b6-5-. The fourth-order valence-corrected chi connectivity index (χ4v) is 0.395. The second-order valence-corrected chi connectivity index (χ2v) is 2.64. The molecule has 0 aliphatic heterocycles. The normalized spacial score (nSPS) is 11.2. The molecule has 0 spiro atoms. The van der Waals surface area contributed by atoms with Gasteiger partial charge in [0.1, 0.15) is 5.60 Å². The summed E-state index contributed by atoms with van der Waals surface area (Å²) in [6.45, 7) is 5.38. The molecule has 0 aliphatic carbocycles. The Hall–Kier alpha value is -0.740. The van der Waals surface area contributed by atoms with Crippen molar-refractivity contribution in [2.75, 3.05) is 0 Å². The van der Waals surface area contributed by atoms with Crippen LogP contribution in [0.25, 0.3) is 0 Å². The van der Waals surface area contributed by atoms with Crippen molar-refractivity contribution in [1.82, 2.24) is 0 Å². The molecule has 0 atom stereocenters. The molecule has 0 bridgehead atoms. The van der Waals surface area contributed by atoms with Gasteiger partial charge in [-0.15, -0.1) is 0 Å². The van der Waals surface area contributed by atoms with Crippen LogP contribution in [0.15, 0.2) is 12.2 Å². The lowest BCUT2D eigenvalue weighted by molar-refractivity contribution is 0.143. The summed E-state index contributed by atoms with van der Waals surface area (Å²) in [7, 11) is 0. The zero-order chi connectivity index (χ0) is 8.04. The molecule has 1 heteroatoms. The molecule has 0 saturated heterocycles. The molecule has 0 aromatic heterocycles. The number of rotatable bonds is 1. The van der Waals surface area contributed by atoms with Crippen molar-refractivity contribution in [3.05, 3.63) is 12.2 Å². The minimum atomic E-state index is -0.863. The summed E-state index contributed by atoms with van der Waals surface area (Å²) in [5.74, 6) is 5.42. The molecule has 0 radical (unpaired) electrons. The smallest absolute Gasteiger partial charge is 0.120 e. The number of hydrogen-bond donors (Lipinski definition) is 1. The molecule has 0 rings (SSSR count). The van der Waals surface area contributed by atoms with Gasteiger partial charge in [-0.25, -0.2) is 0 Å². The van der Waals surface area contributed by atoms with Gasteiger partial charge < -0.3 is 5.11 Å². The average Bonchev–Trinajstić information content (AvgIpc) is 1.78. The van der Waals surface area contributed by atoms with Crippen LogP contribution < -0.4 is 0 Å². The fourth-order valence-electron chi connectivity index (χ4n) is 0.395. The van der Waals surface area contributed by atoms with E-state index in [1.165, 1.54) is 0 Å². The van der Waals surface area contributed by atoms with Gasteiger partial charge in [0, 0.05) is 0 Å². The molecule has 10 heavy (non-hydrogen) atoms. The number of aliphatic hydroxyl groups is 1. The minimum Gasteiger partial charge on any atom is -0.378 e. The molecule has 0 aromatic carbocycles. The summed E-state index contributed by atoms with van der Waals surface area (Å²) in [4.78, 5) is 0. The first-order valence-electron chi connectivity index (χ1n) is 3.46. The molecule has 0 aromatic rings. The molecule has 0 unspecified atom stereocenters. The van der Waals surface area contributed by atoms with Crippen LogP contribution in [-0.2, 0) is 0 Å². The zero-order valence-corrected chi connectivity index (χ0v) is 6.81. The van der Waals surface area contributed by atoms with Crippen LogP contribution in [0.1, 0.15) is 27.2 Å². The van der Waals surface area contributed by atoms with Crippen molar-refractivity contribution >= 4 is 0 Å². The van der Waals surface area contributed by atoms with Crippen LogP contribution in [0, 0.1) is 11.8 Å². The van der Waals surface area contributed by atoms with Crippen LogP contribution in [0.3, 0.4) is 0 Å². The van der Waals surface area contributed by atoms with Crippen molar-refractivity contribution in [3.63, 3.8) is 0 Å². The topological polar surface area (TPSA) is 20.2 Å². The highest BCUT2D eigenvalue weighted by molar-refractivity contribution is 5.20. The Morgan fingerprint density at radius 2 is 2.10 bits per heavy atom. The van der Waals surface area contributed by atoms with E-state index in [2.05, 4.69) is 11.8 Å². The Morgan fingerprint density at radius 3 is 2.50 bits per heavy atom. The van der Waals surface area contributed by atoms with E-state index in [-0.39, 0.29) is 0 Å². The lowest BCUT2D eigenvalue weighted by Crippen LogP contribution is -2.14. The van der Waals surface area contributed by atoms with Gasteiger partial charge in [-0.2, -0.15) is 0 Å². The van der Waals surface area contributed by atoms with E-state index in [9.17, 15) is 0 Å². The first-order chi connectivity index (χ1) is 4.56. The largest absolute Gasteiger partial charge is 0.378 e. The van der Waals surface area contributed by atoms with Crippen molar-refractivity contribution in [1.29, 1.82) is 0 Å². The van der Waals surface area contributed by atoms with E-state index in [1.807, 2.05) is 13.0 Å². The predicted molar refractivity (Wildman–Crippen MR) is 43.5 cm³/mol. The van der Waals surface area contributed by atoms with Crippen molar-refractivity contribution < 1.29 is 5.11 Å². The SMILES string of the molecule is CC/C=C\C#CC(C)(C)O. The highest BCUT2D eigenvalue weighted by atomic mass is 16.3. The monoisotopic (exact) mass is 138 g/mol. The molecule has 0 aliphatic rings. The summed E-state index contributed by atoms with van der Waals surface area (Å²) < 4.78 is 0.